The third-order valence-corrected chi connectivity index (χ3v) is 2.79. The van der Waals surface area contributed by atoms with E-state index in [0.717, 1.165) is 11.1 Å². The van der Waals surface area contributed by atoms with E-state index < -0.39 is 5.97 Å². The van der Waals surface area contributed by atoms with Gasteiger partial charge in [-0.05, 0) is 24.1 Å². The standard InChI is InChI=1S/C13H15ClO4/c1-8(4-5-13(15)16)9-6-11(17-2)12(18-3)7-10(9)14/h4,6-7H,5H2,1-3H3,(H,15,16)/b8-4+. The molecule has 1 rings (SSSR count). The first kappa shape index (κ1) is 14.4. The van der Waals surface area contributed by atoms with Gasteiger partial charge in [-0.15, -0.1) is 0 Å². The minimum absolute atomic E-state index is 0.0451. The topological polar surface area (TPSA) is 55.8 Å². The summed E-state index contributed by atoms with van der Waals surface area (Å²) < 4.78 is 10.3. The molecule has 0 bridgehead atoms. The van der Waals surface area contributed by atoms with Crippen molar-refractivity contribution < 1.29 is 19.4 Å². The fraction of sp³-hybridized carbons (Fsp3) is 0.308. The lowest BCUT2D eigenvalue weighted by molar-refractivity contribution is -0.135. The number of aliphatic carboxylic acids is 1. The van der Waals surface area contributed by atoms with Crippen LogP contribution in [-0.4, -0.2) is 25.3 Å². The monoisotopic (exact) mass is 270 g/mol. The zero-order valence-corrected chi connectivity index (χ0v) is 11.2. The van der Waals surface area contributed by atoms with Gasteiger partial charge in [0, 0.05) is 6.07 Å². The summed E-state index contributed by atoms with van der Waals surface area (Å²) in [6.45, 7) is 1.80. The number of rotatable bonds is 5. The Labute approximate surface area is 111 Å². The fourth-order valence-corrected chi connectivity index (χ4v) is 1.81. The SMILES string of the molecule is COc1cc(Cl)c(/C(C)=C/CC(=O)O)cc1OC. The Morgan fingerprint density at radius 3 is 2.39 bits per heavy atom. The number of hydrogen-bond acceptors (Lipinski definition) is 3. The van der Waals surface area contributed by atoms with E-state index in [1.165, 1.54) is 14.2 Å². The molecule has 0 unspecified atom stereocenters. The van der Waals surface area contributed by atoms with E-state index in [-0.39, 0.29) is 6.42 Å². The highest BCUT2D eigenvalue weighted by molar-refractivity contribution is 6.32. The van der Waals surface area contributed by atoms with Gasteiger partial charge in [-0.2, -0.15) is 0 Å². The van der Waals surface area contributed by atoms with Gasteiger partial charge in [-0.3, -0.25) is 4.79 Å². The second-order valence-corrected chi connectivity index (χ2v) is 4.08. The van der Waals surface area contributed by atoms with Crippen molar-refractivity contribution in [2.75, 3.05) is 14.2 Å². The van der Waals surface area contributed by atoms with Crippen molar-refractivity contribution in [3.05, 3.63) is 28.8 Å². The number of carboxylic acids is 1. The maximum absolute atomic E-state index is 10.5. The summed E-state index contributed by atoms with van der Waals surface area (Å²) in [5.41, 5.74) is 1.51. The van der Waals surface area contributed by atoms with Crippen LogP contribution in [0.5, 0.6) is 11.5 Å². The predicted octanol–water partition coefficient (Wildman–Crippen LogP) is 3.24. The second kappa shape index (κ2) is 6.31. The van der Waals surface area contributed by atoms with Crippen molar-refractivity contribution in [2.24, 2.45) is 0 Å². The van der Waals surface area contributed by atoms with E-state index in [1.54, 1.807) is 25.1 Å². The van der Waals surface area contributed by atoms with Crippen molar-refractivity contribution in [2.45, 2.75) is 13.3 Å². The molecule has 1 aromatic rings. The van der Waals surface area contributed by atoms with Crippen LogP contribution in [-0.2, 0) is 4.79 Å². The van der Waals surface area contributed by atoms with E-state index in [1.807, 2.05) is 0 Å². The lowest BCUT2D eigenvalue weighted by Crippen LogP contribution is -1.94. The maximum Gasteiger partial charge on any atom is 0.307 e. The number of halogens is 1. The van der Waals surface area contributed by atoms with Crippen LogP contribution >= 0.6 is 11.6 Å². The molecule has 5 heteroatoms. The molecule has 0 aliphatic carbocycles. The van der Waals surface area contributed by atoms with Gasteiger partial charge >= 0.3 is 5.97 Å². The molecule has 0 heterocycles. The van der Waals surface area contributed by atoms with Gasteiger partial charge in [0.15, 0.2) is 11.5 Å². The Bertz CT molecular complexity index is 480. The Kier molecular flexibility index (Phi) is 5.04. The number of carboxylic acid groups (broad SMARTS) is 1. The zero-order chi connectivity index (χ0) is 13.7. The summed E-state index contributed by atoms with van der Waals surface area (Å²) in [4.78, 5) is 10.5. The number of ether oxygens (including phenoxy) is 2. The minimum atomic E-state index is -0.883. The summed E-state index contributed by atoms with van der Waals surface area (Å²) in [6.07, 6.45) is 1.56. The molecule has 1 N–H and O–H groups in total. The van der Waals surface area contributed by atoms with Crippen LogP contribution in [0.4, 0.5) is 0 Å². The van der Waals surface area contributed by atoms with Gasteiger partial charge in [-0.25, -0.2) is 0 Å². The van der Waals surface area contributed by atoms with E-state index in [9.17, 15) is 4.79 Å². The van der Waals surface area contributed by atoms with Gasteiger partial charge in [0.25, 0.3) is 0 Å². The third-order valence-electron chi connectivity index (χ3n) is 2.48. The first-order valence-corrected chi connectivity index (χ1v) is 5.67. The summed E-state index contributed by atoms with van der Waals surface area (Å²) in [5.74, 6) is 0.211. The maximum atomic E-state index is 10.5. The normalized spacial score (nSPS) is 11.2. The smallest absolute Gasteiger partial charge is 0.307 e. The molecule has 0 atom stereocenters. The van der Waals surface area contributed by atoms with E-state index in [0.29, 0.717) is 16.5 Å². The van der Waals surface area contributed by atoms with Crippen molar-refractivity contribution in [1.82, 2.24) is 0 Å². The number of methoxy groups -OCH3 is 2. The highest BCUT2D eigenvalue weighted by atomic mass is 35.5. The fourth-order valence-electron chi connectivity index (χ4n) is 1.51. The predicted molar refractivity (Wildman–Crippen MR) is 70.5 cm³/mol. The molecule has 0 aliphatic heterocycles. The molecule has 0 aromatic heterocycles. The van der Waals surface area contributed by atoms with Gasteiger partial charge < -0.3 is 14.6 Å². The molecule has 98 valence electrons. The Balaban J connectivity index is 3.16. The first-order valence-electron chi connectivity index (χ1n) is 5.30. The van der Waals surface area contributed by atoms with Crippen LogP contribution in [0.3, 0.4) is 0 Å². The lowest BCUT2D eigenvalue weighted by Gasteiger charge is -2.12. The number of hydrogen-bond donors (Lipinski definition) is 1. The van der Waals surface area contributed by atoms with Crippen molar-refractivity contribution >= 4 is 23.1 Å². The highest BCUT2D eigenvalue weighted by Crippen LogP contribution is 2.36. The van der Waals surface area contributed by atoms with Gasteiger partial charge in [0.05, 0.1) is 25.7 Å². The summed E-state index contributed by atoms with van der Waals surface area (Å²) in [5, 5.41) is 9.13. The van der Waals surface area contributed by atoms with Crippen molar-refractivity contribution in [3.63, 3.8) is 0 Å². The van der Waals surface area contributed by atoms with Crippen molar-refractivity contribution in [1.29, 1.82) is 0 Å². The largest absolute Gasteiger partial charge is 0.493 e. The molecule has 1 aromatic carbocycles. The third kappa shape index (κ3) is 3.40. The van der Waals surface area contributed by atoms with E-state index in [4.69, 9.17) is 26.2 Å². The molecule has 4 nitrogen and oxygen atoms in total. The Hall–Kier alpha value is -1.68. The van der Waals surface area contributed by atoms with E-state index in [2.05, 4.69) is 0 Å². The van der Waals surface area contributed by atoms with Crippen LogP contribution in [0.2, 0.25) is 5.02 Å². The number of allylic oxidation sites excluding steroid dienone is 1. The average molecular weight is 271 g/mol. The number of benzene rings is 1. The molecular weight excluding hydrogens is 256 g/mol. The van der Waals surface area contributed by atoms with Gasteiger partial charge in [0.2, 0.25) is 0 Å². The molecular formula is C13H15ClO4. The summed E-state index contributed by atoms with van der Waals surface area (Å²) in [6, 6.07) is 3.38. The lowest BCUT2D eigenvalue weighted by atomic mass is 10.1. The van der Waals surface area contributed by atoms with Crippen LogP contribution < -0.4 is 9.47 Å². The number of carbonyl (C=O) groups is 1. The Morgan fingerprint density at radius 2 is 1.89 bits per heavy atom. The van der Waals surface area contributed by atoms with Crippen LogP contribution in [0.1, 0.15) is 18.9 Å². The van der Waals surface area contributed by atoms with Crippen molar-refractivity contribution in [3.8, 4) is 11.5 Å². The second-order valence-electron chi connectivity index (χ2n) is 3.67. The molecule has 0 aliphatic rings. The molecule has 0 saturated carbocycles. The molecule has 0 amide bonds. The first-order chi connectivity index (χ1) is 8.49. The van der Waals surface area contributed by atoms with E-state index >= 15 is 0 Å². The van der Waals surface area contributed by atoms with Gasteiger partial charge in [0.1, 0.15) is 0 Å². The molecule has 0 fully saturated rings. The summed E-state index contributed by atoms with van der Waals surface area (Å²) >= 11 is 6.12. The average Bonchev–Trinajstić information content (AvgIpc) is 2.35. The molecule has 0 radical (unpaired) electrons. The van der Waals surface area contributed by atoms with Gasteiger partial charge in [-0.1, -0.05) is 17.7 Å². The summed E-state index contributed by atoms with van der Waals surface area (Å²) in [7, 11) is 3.06. The van der Waals surface area contributed by atoms with Crippen LogP contribution in [0.25, 0.3) is 5.57 Å². The molecule has 18 heavy (non-hydrogen) atoms. The minimum Gasteiger partial charge on any atom is -0.493 e. The zero-order valence-electron chi connectivity index (χ0n) is 10.5. The highest BCUT2D eigenvalue weighted by Gasteiger charge is 2.11. The molecule has 0 spiro atoms. The molecule has 0 saturated heterocycles. The van der Waals surface area contributed by atoms with Crippen LogP contribution in [0, 0.1) is 0 Å². The van der Waals surface area contributed by atoms with Crippen LogP contribution in [0.15, 0.2) is 18.2 Å². The Morgan fingerprint density at radius 1 is 1.33 bits per heavy atom. The quantitative estimate of drug-likeness (QED) is 0.892.